The van der Waals surface area contributed by atoms with E-state index in [9.17, 15) is 18.4 Å². The predicted octanol–water partition coefficient (Wildman–Crippen LogP) is 3.25. The lowest BCUT2D eigenvalue weighted by Gasteiger charge is -2.19. The van der Waals surface area contributed by atoms with Crippen LogP contribution in [0, 0.1) is 11.6 Å². The van der Waals surface area contributed by atoms with E-state index in [2.05, 4.69) is 4.98 Å². The Kier molecular flexibility index (Phi) is 4.50. The van der Waals surface area contributed by atoms with Crippen LogP contribution in [0.3, 0.4) is 0 Å². The molecule has 0 bridgehead atoms. The molecule has 0 saturated carbocycles. The highest BCUT2D eigenvalue weighted by atomic mass is 19.2. The van der Waals surface area contributed by atoms with Crippen molar-refractivity contribution in [1.29, 1.82) is 0 Å². The molecule has 1 aliphatic heterocycles. The smallest absolute Gasteiger partial charge is 0.408 e. The van der Waals surface area contributed by atoms with Crippen molar-refractivity contribution in [3.05, 3.63) is 82.7 Å². The first-order chi connectivity index (χ1) is 15.0. The molecule has 0 aliphatic carbocycles. The summed E-state index contributed by atoms with van der Waals surface area (Å²) in [6, 6.07) is 11.7. The summed E-state index contributed by atoms with van der Waals surface area (Å²) >= 11 is 0. The van der Waals surface area contributed by atoms with Crippen LogP contribution in [0.15, 0.2) is 63.9 Å². The Hall–Kier alpha value is -4.01. The molecule has 0 saturated heterocycles. The third-order valence-corrected chi connectivity index (χ3v) is 5.17. The number of carbonyl (C=O) groups is 1. The minimum absolute atomic E-state index is 0.115. The lowest BCUT2D eigenvalue weighted by atomic mass is 10.2. The van der Waals surface area contributed by atoms with Crippen molar-refractivity contribution >= 4 is 23.2 Å². The van der Waals surface area contributed by atoms with Crippen molar-refractivity contribution in [2.45, 2.75) is 13.1 Å². The number of aromatic nitrogens is 3. The first kappa shape index (κ1) is 19.0. The molecule has 0 unspecified atom stereocenters. The lowest BCUT2D eigenvalue weighted by molar-refractivity contribution is -0.132. The SMILES string of the molecule is O=C(Cn1c(=O)oc2ccc(F)c(F)c21)N1CC=Cn2cc(-c3ccccc3)nc2C1. The standard InChI is InChI=1S/C22H16F2N4O3/c23-15-7-8-17-21(20(15)24)28(22(30)31-17)13-19(29)27-10-4-9-26-11-16(25-18(26)12-27)14-5-2-1-3-6-14/h1-9,11H,10,12-13H2. The van der Waals surface area contributed by atoms with Gasteiger partial charge in [-0.15, -0.1) is 0 Å². The predicted molar refractivity (Wildman–Crippen MR) is 109 cm³/mol. The van der Waals surface area contributed by atoms with Gasteiger partial charge >= 0.3 is 5.76 Å². The molecule has 0 atom stereocenters. The lowest BCUT2D eigenvalue weighted by Crippen LogP contribution is -2.35. The Morgan fingerprint density at radius 1 is 1.13 bits per heavy atom. The van der Waals surface area contributed by atoms with E-state index in [-0.39, 0.29) is 24.2 Å². The van der Waals surface area contributed by atoms with Gasteiger partial charge in [-0.05, 0) is 18.2 Å². The zero-order chi connectivity index (χ0) is 21.5. The van der Waals surface area contributed by atoms with Crippen molar-refractivity contribution in [3.63, 3.8) is 0 Å². The molecule has 0 radical (unpaired) electrons. The Morgan fingerprint density at radius 2 is 1.94 bits per heavy atom. The van der Waals surface area contributed by atoms with Gasteiger partial charge in [0, 0.05) is 24.5 Å². The number of benzene rings is 2. The Balaban J connectivity index is 1.43. The molecule has 9 heteroatoms. The maximum atomic E-state index is 14.2. The van der Waals surface area contributed by atoms with Crippen molar-refractivity contribution in [2.75, 3.05) is 6.54 Å². The highest BCUT2D eigenvalue weighted by Gasteiger charge is 2.23. The molecule has 7 nitrogen and oxygen atoms in total. The van der Waals surface area contributed by atoms with Crippen LogP contribution in [-0.4, -0.2) is 31.5 Å². The molecule has 2 aromatic carbocycles. The van der Waals surface area contributed by atoms with Gasteiger partial charge in [-0.3, -0.25) is 9.36 Å². The number of amides is 1. The quantitative estimate of drug-likeness (QED) is 0.508. The number of fused-ring (bicyclic) bond motifs is 2. The number of halogens is 2. The van der Waals surface area contributed by atoms with Crippen LogP contribution in [-0.2, 0) is 17.9 Å². The average Bonchev–Trinajstić information content (AvgIpc) is 3.25. The number of carbonyl (C=O) groups excluding carboxylic acids is 1. The van der Waals surface area contributed by atoms with E-state index >= 15 is 0 Å². The topological polar surface area (TPSA) is 73.3 Å². The summed E-state index contributed by atoms with van der Waals surface area (Å²) in [6.07, 6.45) is 5.49. The van der Waals surface area contributed by atoms with Gasteiger partial charge in [0.2, 0.25) is 5.91 Å². The van der Waals surface area contributed by atoms with Crippen molar-refractivity contribution in [2.24, 2.45) is 0 Å². The number of nitrogens with zero attached hydrogens (tertiary/aromatic N) is 4. The normalized spacial score (nSPS) is 13.4. The number of hydrogen-bond donors (Lipinski definition) is 0. The van der Waals surface area contributed by atoms with Crippen molar-refractivity contribution in [3.8, 4) is 11.3 Å². The first-order valence-corrected chi connectivity index (χ1v) is 9.56. The number of hydrogen-bond acceptors (Lipinski definition) is 4. The zero-order valence-corrected chi connectivity index (χ0v) is 16.2. The highest BCUT2D eigenvalue weighted by molar-refractivity contribution is 5.80. The summed E-state index contributed by atoms with van der Waals surface area (Å²) in [5.74, 6) is -3.08. The molecule has 1 amide bonds. The third kappa shape index (κ3) is 3.33. The van der Waals surface area contributed by atoms with Crippen molar-refractivity contribution in [1.82, 2.24) is 19.0 Å². The molecule has 31 heavy (non-hydrogen) atoms. The molecule has 0 N–H and O–H groups in total. The van der Waals surface area contributed by atoms with Gasteiger partial charge in [0.25, 0.3) is 0 Å². The van der Waals surface area contributed by atoms with Gasteiger partial charge in [0.1, 0.15) is 17.9 Å². The average molecular weight is 422 g/mol. The Morgan fingerprint density at radius 3 is 2.74 bits per heavy atom. The number of oxazole rings is 1. The van der Waals surface area contributed by atoms with Crippen LogP contribution in [0.25, 0.3) is 28.6 Å². The molecular weight excluding hydrogens is 406 g/mol. The molecule has 4 aromatic rings. The van der Waals surface area contributed by atoms with Crippen LogP contribution in [0.2, 0.25) is 0 Å². The van der Waals surface area contributed by atoms with Gasteiger partial charge in [-0.1, -0.05) is 30.3 Å². The number of imidazole rings is 1. The highest BCUT2D eigenvalue weighted by Crippen LogP contribution is 2.22. The van der Waals surface area contributed by atoms with Crippen LogP contribution in [0.1, 0.15) is 5.82 Å². The second-order valence-corrected chi connectivity index (χ2v) is 7.14. The van der Waals surface area contributed by atoms with Gasteiger partial charge in [0.15, 0.2) is 17.2 Å². The van der Waals surface area contributed by atoms with E-state index in [1.54, 1.807) is 6.08 Å². The summed E-state index contributed by atoms with van der Waals surface area (Å²) in [4.78, 5) is 31.2. The second kappa shape index (κ2) is 7.35. The minimum atomic E-state index is -1.23. The van der Waals surface area contributed by atoms with Crippen molar-refractivity contribution < 1.29 is 18.0 Å². The zero-order valence-electron chi connectivity index (χ0n) is 16.2. The fourth-order valence-electron chi connectivity index (χ4n) is 3.61. The van der Waals surface area contributed by atoms with Crippen LogP contribution in [0.4, 0.5) is 8.78 Å². The molecule has 5 rings (SSSR count). The molecule has 0 fully saturated rings. The number of rotatable bonds is 3. The minimum Gasteiger partial charge on any atom is -0.408 e. The summed E-state index contributed by atoms with van der Waals surface area (Å²) in [5.41, 5.74) is 1.24. The molecule has 0 spiro atoms. The third-order valence-electron chi connectivity index (χ3n) is 5.17. The monoisotopic (exact) mass is 422 g/mol. The first-order valence-electron chi connectivity index (χ1n) is 9.56. The van der Waals surface area contributed by atoms with Gasteiger partial charge in [-0.2, -0.15) is 0 Å². The maximum Gasteiger partial charge on any atom is 0.420 e. The fourth-order valence-corrected chi connectivity index (χ4v) is 3.61. The van der Waals surface area contributed by atoms with E-state index < -0.39 is 29.8 Å². The fraction of sp³-hybridized carbons (Fsp3) is 0.136. The Bertz CT molecular complexity index is 1390. The van der Waals surface area contributed by atoms with Crippen LogP contribution < -0.4 is 5.76 Å². The molecule has 3 heterocycles. The molecular formula is C22H16F2N4O3. The van der Waals surface area contributed by atoms with Gasteiger partial charge in [0.05, 0.1) is 12.2 Å². The van der Waals surface area contributed by atoms with E-state index in [1.165, 1.54) is 4.90 Å². The Labute approximate surface area is 174 Å². The maximum absolute atomic E-state index is 14.2. The van der Waals surface area contributed by atoms with Gasteiger partial charge in [-0.25, -0.2) is 18.6 Å². The van der Waals surface area contributed by atoms with Crippen LogP contribution >= 0.6 is 0 Å². The van der Waals surface area contributed by atoms with Crippen LogP contribution in [0.5, 0.6) is 0 Å². The molecule has 1 aliphatic rings. The van der Waals surface area contributed by atoms with E-state index in [4.69, 9.17) is 4.42 Å². The molecule has 2 aromatic heterocycles. The summed E-state index contributed by atoms with van der Waals surface area (Å²) in [6.45, 7) is -0.00339. The summed E-state index contributed by atoms with van der Waals surface area (Å²) in [7, 11) is 0. The summed E-state index contributed by atoms with van der Waals surface area (Å²) < 4.78 is 35.5. The largest absolute Gasteiger partial charge is 0.420 e. The molecule has 156 valence electrons. The second-order valence-electron chi connectivity index (χ2n) is 7.14. The van der Waals surface area contributed by atoms with E-state index in [0.29, 0.717) is 5.82 Å². The van der Waals surface area contributed by atoms with Gasteiger partial charge < -0.3 is 13.9 Å². The summed E-state index contributed by atoms with van der Waals surface area (Å²) in [5, 5.41) is 0. The van der Waals surface area contributed by atoms with E-state index in [1.807, 2.05) is 47.3 Å². The van der Waals surface area contributed by atoms with E-state index in [0.717, 1.165) is 28.0 Å².